The molecule has 1 aliphatic carbocycles. The lowest BCUT2D eigenvalue weighted by Crippen LogP contribution is -2.44. The molecule has 1 fully saturated rings. The fourth-order valence-corrected chi connectivity index (χ4v) is 4.28. The number of halogens is 2. The van der Waals surface area contributed by atoms with Crippen LogP contribution in [0.1, 0.15) is 51.5 Å². The van der Waals surface area contributed by atoms with Gasteiger partial charge in [0.05, 0.1) is 0 Å². The Balaban J connectivity index is 2.20. The van der Waals surface area contributed by atoms with Crippen molar-refractivity contribution >= 4 is 11.6 Å². The van der Waals surface area contributed by atoms with Gasteiger partial charge in [-0.15, -0.1) is 0 Å². The van der Waals surface area contributed by atoms with Crippen molar-refractivity contribution < 1.29 is 4.39 Å². The molecule has 0 aliphatic heterocycles. The Kier molecular flexibility index (Phi) is 5.67. The van der Waals surface area contributed by atoms with Crippen molar-refractivity contribution in [1.82, 2.24) is 5.32 Å². The largest absolute Gasteiger partial charge is 0.316 e. The van der Waals surface area contributed by atoms with E-state index < -0.39 is 0 Å². The zero-order chi connectivity index (χ0) is 15.5. The van der Waals surface area contributed by atoms with Crippen LogP contribution in [0, 0.1) is 17.2 Å². The minimum Gasteiger partial charge on any atom is -0.316 e. The average molecular weight is 312 g/mol. The van der Waals surface area contributed by atoms with Crippen LogP contribution in [0.15, 0.2) is 18.2 Å². The number of rotatable bonds is 6. The molecule has 0 radical (unpaired) electrons. The minimum absolute atomic E-state index is 0.180. The van der Waals surface area contributed by atoms with Gasteiger partial charge in [-0.25, -0.2) is 4.39 Å². The van der Waals surface area contributed by atoms with Gasteiger partial charge in [0, 0.05) is 11.1 Å². The predicted molar refractivity (Wildman–Crippen MR) is 88.3 cm³/mol. The molecule has 1 aliphatic rings. The van der Waals surface area contributed by atoms with Crippen LogP contribution >= 0.6 is 11.6 Å². The molecule has 3 heteroatoms. The van der Waals surface area contributed by atoms with Gasteiger partial charge in [-0.3, -0.25) is 0 Å². The Bertz CT molecular complexity index is 466. The average Bonchev–Trinajstić information content (AvgIpc) is 2.86. The van der Waals surface area contributed by atoms with Crippen molar-refractivity contribution in [3.63, 3.8) is 0 Å². The van der Waals surface area contributed by atoms with E-state index in [0.29, 0.717) is 22.4 Å². The first-order valence-corrected chi connectivity index (χ1v) is 8.46. The monoisotopic (exact) mass is 311 g/mol. The van der Waals surface area contributed by atoms with Crippen LogP contribution in [-0.2, 0) is 6.42 Å². The van der Waals surface area contributed by atoms with Gasteiger partial charge in [-0.2, -0.15) is 0 Å². The normalized spacial score (nSPS) is 19.1. The third-order valence-corrected chi connectivity index (χ3v) is 5.18. The van der Waals surface area contributed by atoms with Crippen LogP contribution in [0.5, 0.6) is 0 Å². The van der Waals surface area contributed by atoms with E-state index in [2.05, 4.69) is 19.2 Å². The molecule has 0 spiro atoms. The summed E-state index contributed by atoms with van der Waals surface area (Å²) in [6, 6.07) is 5.38. The van der Waals surface area contributed by atoms with E-state index in [9.17, 15) is 4.39 Å². The molecule has 1 saturated carbocycles. The lowest BCUT2D eigenvalue weighted by Gasteiger charge is -2.39. The van der Waals surface area contributed by atoms with E-state index >= 15 is 0 Å². The van der Waals surface area contributed by atoms with Gasteiger partial charge in [0.2, 0.25) is 0 Å². The number of benzene rings is 1. The predicted octanol–water partition coefficient (Wildman–Crippen LogP) is 5.22. The minimum atomic E-state index is -0.180. The van der Waals surface area contributed by atoms with Gasteiger partial charge in [0.25, 0.3) is 0 Å². The first kappa shape index (κ1) is 16.8. The van der Waals surface area contributed by atoms with E-state index in [4.69, 9.17) is 11.6 Å². The highest BCUT2D eigenvalue weighted by Crippen LogP contribution is 2.46. The summed E-state index contributed by atoms with van der Waals surface area (Å²) in [5, 5.41) is 3.95. The van der Waals surface area contributed by atoms with E-state index in [1.54, 1.807) is 6.07 Å². The molecule has 1 atom stereocenters. The Morgan fingerprint density at radius 3 is 2.48 bits per heavy atom. The Morgan fingerprint density at radius 2 is 1.95 bits per heavy atom. The Labute approximate surface area is 133 Å². The molecule has 1 nitrogen and oxygen atoms in total. The Hall–Kier alpha value is -0.600. The number of hydrogen-bond acceptors (Lipinski definition) is 1. The summed E-state index contributed by atoms with van der Waals surface area (Å²) in [6.07, 6.45) is 7.07. The van der Waals surface area contributed by atoms with Gasteiger partial charge >= 0.3 is 0 Å². The van der Waals surface area contributed by atoms with Gasteiger partial charge in [-0.05, 0) is 61.8 Å². The first-order chi connectivity index (χ1) is 9.97. The summed E-state index contributed by atoms with van der Waals surface area (Å²) in [7, 11) is 2.01. The summed E-state index contributed by atoms with van der Waals surface area (Å²) in [5.74, 6) is 0.495. The van der Waals surface area contributed by atoms with Crippen molar-refractivity contribution in [3.8, 4) is 0 Å². The highest BCUT2D eigenvalue weighted by molar-refractivity contribution is 6.30. The van der Waals surface area contributed by atoms with Crippen LogP contribution in [0.4, 0.5) is 4.39 Å². The van der Waals surface area contributed by atoms with Crippen LogP contribution in [0.3, 0.4) is 0 Å². The SMILES string of the molecule is CNC(Cc1ccc(Cl)cc1F)C1(CC(C)C)CCCC1. The van der Waals surface area contributed by atoms with Crippen LogP contribution in [-0.4, -0.2) is 13.1 Å². The molecule has 0 saturated heterocycles. The van der Waals surface area contributed by atoms with Gasteiger partial charge < -0.3 is 5.32 Å². The maximum atomic E-state index is 14.1. The molecule has 1 aromatic carbocycles. The molecule has 0 heterocycles. The molecule has 0 aromatic heterocycles. The maximum absolute atomic E-state index is 14.1. The first-order valence-electron chi connectivity index (χ1n) is 8.08. The number of likely N-dealkylation sites (N-methyl/N-ethyl adjacent to an activating group) is 1. The highest BCUT2D eigenvalue weighted by atomic mass is 35.5. The highest BCUT2D eigenvalue weighted by Gasteiger charge is 2.40. The molecular weight excluding hydrogens is 285 g/mol. The number of nitrogens with one attached hydrogen (secondary N) is 1. The van der Waals surface area contributed by atoms with Crippen molar-refractivity contribution in [2.45, 2.75) is 58.4 Å². The molecule has 21 heavy (non-hydrogen) atoms. The van der Waals surface area contributed by atoms with E-state index in [-0.39, 0.29) is 5.82 Å². The quantitative estimate of drug-likeness (QED) is 0.760. The molecule has 118 valence electrons. The molecular formula is C18H27ClFN. The van der Waals surface area contributed by atoms with Crippen LogP contribution < -0.4 is 5.32 Å². The smallest absolute Gasteiger partial charge is 0.127 e. The van der Waals surface area contributed by atoms with E-state index in [1.165, 1.54) is 38.2 Å². The Morgan fingerprint density at radius 1 is 1.29 bits per heavy atom. The molecule has 1 unspecified atom stereocenters. The summed E-state index contributed by atoms with van der Waals surface area (Å²) >= 11 is 5.86. The topological polar surface area (TPSA) is 12.0 Å². The lowest BCUT2D eigenvalue weighted by molar-refractivity contribution is 0.159. The van der Waals surface area contributed by atoms with E-state index in [0.717, 1.165) is 12.0 Å². The van der Waals surface area contributed by atoms with Crippen LogP contribution in [0.2, 0.25) is 5.02 Å². The fourth-order valence-electron chi connectivity index (χ4n) is 4.12. The standard InChI is InChI=1S/C18H27ClFN/c1-13(2)12-18(8-4-5-9-18)17(21-3)10-14-6-7-15(19)11-16(14)20/h6-7,11,13,17,21H,4-5,8-10,12H2,1-3H3. The second-order valence-electron chi connectivity index (χ2n) is 6.95. The maximum Gasteiger partial charge on any atom is 0.127 e. The lowest BCUT2D eigenvalue weighted by atomic mass is 9.71. The van der Waals surface area contributed by atoms with Gasteiger partial charge in [-0.1, -0.05) is 44.4 Å². The zero-order valence-corrected chi connectivity index (χ0v) is 14.1. The summed E-state index contributed by atoms with van der Waals surface area (Å²) in [4.78, 5) is 0. The van der Waals surface area contributed by atoms with Crippen molar-refractivity contribution in [1.29, 1.82) is 0 Å². The van der Waals surface area contributed by atoms with Gasteiger partial charge in [0.1, 0.15) is 5.82 Å². The summed E-state index contributed by atoms with van der Waals surface area (Å²) in [5.41, 5.74) is 1.09. The second-order valence-corrected chi connectivity index (χ2v) is 7.39. The molecule has 1 N–H and O–H groups in total. The summed E-state index contributed by atoms with van der Waals surface area (Å²) in [6.45, 7) is 4.57. The summed E-state index contributed by atoms with van der Waals surface area (Å²) < 4.78 is 14.1. The van der Waals surface area contributed by atoms with E-state index in [1.807, 2.05) is 13.1 Å². The molecule has 2 rings (SSSR count). The molecule has 0 bridgehead atoms. The third-order valence-electron chi connectivity index (χ3n) is 4.94. The fraction of sp³-hybridized carbons (Fsp3) is 0.667. The third kappa shape index (κ3) is 3.98. The molecule has 1 aromatic rings. The van der Waals surface area contributed by atoms with Crippen molar-refractivity contribution in [2.24, 2.45) is 11.3 Å². The zero-order valence-electron chi connectivity index (χ0n) is 13.4. The second kappa shape index (κ2) is 7.11. The van der Waals surface area contributed by atoms with Gasteiger partial charge in [0.15, 0.2) is 0 Å². The van der Waals surface area contributed by atoms with Crippen molar-refractivity contribution in [3.05, 3.63) is 34.6 Å². The van der Waals surface area contributed by atoms with Crippen LogP contribution in [0.25, 0.3) is 0 Å². The molecule has 0 amide bonds. The number of hydrogen-bond donors (Lipinski definition) is 1. The van der Waals surface area contributed by atoms with Crippen molar-refractivity contribution in [2.75, 3.05) is 7.05 Å².